The molecule has 3 N–H and O–H groups in total. The first-order valence-electron chi connectivity index (χ1n) is 9.37. The van der Waals surface area contributed by atoms with Crippen molar-refractivity contribution in [2.24, 2.45) is 10.7 Å². The van der Waals surface area contributed by atoms with E-state index in [9.17, 15) is 4.79 Å². The van der Waals surface area contributed by atoms with Gasteiger partial charge in [-0.3, -0.25) is 4.79 Å². The van der Waals surface area contributed by atoms with Crippen LogP contribution in [0.1, 0.15) is 37.8 Å². The number of nitrogens with zero attached hydrogens (tertiary/aromatic N) is 1. The van der Waals surface area contributed by atoms with E-state index >= 15 is 0 Å². The van der Waals surface area contributed by atoms with Crippen molar-refractivity contribution in [2.75, 3.05) is 13.7 Å². The molecule has 0 saturated carbocycles. The van der Waals surface area contributed by atoms with Crippen LogP contribution in [-0.2, 0) is 27.3 Å². The van der Waals surface area contributed by atoms with Crippen LogP contribution >= 0.6 is 0 Å². The number of nitrogens with one attached hydrogen (secondary N) is 1. The van der Waals surface area contributed by atoms with E-state index in [1.807, 2.05) is 49.4 Å². The molecule has 0 amide bonds. The highest BCUT2D eigenvalue weighted by Gasteiger charge is 2.10. The third-order valence-electron chi connectivity index (χ3n) is 3.71. The smallest absolute Gasteiger partial charge is 0.309 e. The van der Waals surface area contributed by atoms with Gasteiger partial charge >= 0.3 is 5.97 Å². The van der Waals surface area contributed by atoms with Gasteiger partial charge in [0, 0.05) is 6.54 Å². The fraction of sp³-hybridized carbons (Fsp3) is 0.364. The number of hydrogen-bond acceptors (Lipinski definition) is 5. The lowest BCUT2D eigenvalue weighted by Crippen LogP contribution is -2.28. The van der Waals surface area contributed by atoms with Gasteiger partial charge in [0.2, 0.25) is 0 Å². The van der Waals surface area contributed by atoms with E-state index < -0.39 is 0 Å². The summed E-state index contributed by atoms with van der Waals surface area (Å²) >= 11 is 0. The van der Waals surface area contributed by atoms with Crippen molar-refractivity contribution in [3.63, 3.8) is 0 Å². The van der Waals surface area contributed by atoms with Crippen molar-refractivity contribution < 1.29 is 14.3 Å². The summed E-state index contributed by atoms with van der Waals surface area (Å²) in [6, 6.07) is 7.64. The molecule has 28 heavy (non-hydrogen) atoms. The van der Waals surface area contributed by atoms with Gasteiger partial charge in [0.1, 0.15) is 12.4 Å². The number of allylic oxidation sites excluding steroid dienone is 3. The quantitative estimate of drug-likeness (QED) is 0.152. The van der Waals surface area contributed by atoms with E-state index in [0.29, 0.717) is 18.2 Å². The molecule has 6 heteroatoms. The Morgan fingerprint density at radius 3 is 2.75 bits per heavy atom. The van der Waals surface area contributed by atoms with Crippen LogP contribution in [0.25, 0.3) is 0 Å². The number of nitrogens with two attached hydrogens (primary N) is 1. The molecular weight excluding hydrogens is 354 g/mol. The van der Waals surface area contributed by atoms with Crippen LogP contribution in [0.4, 0.5) is 0 Å². The highest BCUT2D eigenvalue weighted by Crippen LogP contribution is 2.12. The minimum atomic E-state index is -0.275. The first kappa shape index (κ1) is 23.0. The fourth-order valence-corrected chi connectivity index (χ4v) is 2.32. The standard InChI is InChI=1S/C22H31N3O3/c1-5-7-12-20(22(25-17(3)23)24-13-8-6-2)28-16-19-11-9-10-18(14-19)15-21(26)27-4/h5,7,9-12,14H,3,6,8,13,15-16,23H2,1-2,4H3,(H,24,25)/b7-5+,20-12+. The third kappa shape index (κ3) is 9.07. The molecule has 0 bridgehead atoms. The Kier molecular flexibility index (Phi) is 10.8. The molecule has 6 nitrogen and oxygen atoms in total. The Labute approximate surface area is 167 Å². The number of aliphatic imine (C=N–C) groups is 1. The predicted molar refractivity (Wildman–Crippen MR) is 114 cm³/mol. The number of amidine groups is 1. The topological polar surface area (TPSA) is 85.9 Å². The summed E-state index contributed by atoms with van der Waals surface area (Å²) in [5.74, 6) is 1.04. The molecule has 152 valence electrons. The Hall–Kier alpha value is -3.02. The molecule has 0 saturated heterocycles. The summed E-state index contributed by atoms with van der Waals surface area (Å²) in [7, 11) is 1.38. The average Bonchev–Trinajstić information content (AvgIpc) is 2.67. The second kappa shape index (κ2) is 13.2. The second-order valence-electron chi connectivity index (χ2n) is 6.15. The molecule has 0 aliphatic rings. The van der Waals surface area contributed by atoms with Crippen LogP contribution in [0.5, 0.6) is 0 Å². The van der Waals surface area contributed by atoms with Crippen LogP contribution in [0.3, 0.4) is 0 Å². The van der Waals surface area contributed by atoms with Gasteiger partial charge in [0.25, 0.3) is 0 Å². The van der Waals surface area contributed by atoms with Crippen LogP contribution in [0, 0.1) is 0 Å². The average molecular weight is 386 g/mol. The minimum absolute atomic E-state index is 0.203. The Bertz CT molecular complexity index is 736. The fourth-order valence-electron chi connectivity index (χ4n) is 2.32. The Morgan fingerprint density at radius 2 is 2.11 bits per heavy atom. The molecule has 0 unspecified atom stereocenters. The monoisotopic (exact) mass is 385 g/mol. The van der Waals surface area contributed by atoms with Gasteiger partial charge in [-0.15, -0.1) is 0 Å². The predicted octanol–water partition coefficient (Wildman–Crippen LogP) is 3.60. The number of benzene rings is 1. The number of carbonyl (C=O) groups excluding carboxylic acids is 1. The maximum Gasteiger partial charge on any atom is 0.309 e. The summed E-state index contributed by atoms with van der Waals surface area (Å²) in [4.78, 5) is 15.8. The number of methoxy groups -OCH3 is 1. The summed E-state index contributed by atoms with van der Waals surface area (Å²) in [5, 5.41) is 3.26. The van der Waals surface area contributed by atoms with Crippen molar-refractivity contribution in [2.45, 2.75) is 39.7 Å². The van der Waals surface area contributed by atoms with E-state index in [1.165, 1.54) is 7.11 Å². The summed E-state index contributed by atoms with van der Waals surface area (Å²) < 4.78 is 10.7. The molecule has 1 aromatic carbocycles. The Balaban J connectivity index is 2.95. The molecule has 0 heterocycles. The molecule has 1 rings (SSSR count). The normalized spacial score (nSPS) is 12.1. The van der Waals surface area contributed by atoms with E-state index in [0.717, 1.165) is 30.5 Å². The maximum absolute atomic E-state index is 11.5. The zero-order valence-electron chi connectivity index (χ0n) is 17.0. The van der Waals surface area contributed by atoms with Crippen LogP contribution in [0.2, 0.25) is 0 Å². The molecule has 0 spiro atoms. The second-order valence-corrected chi connectivity index (χ2v) is 6.15. The third-order valence-corrected chi connectivity index (χ3v) is 3.71. The molecule has 0 aliphatic heterocycles. The number of esters is 1. The highest BCUT2D eigenvalue weighted by molar-refractivity contribution is 5.97. The molecule has 1 aromatic rings. The molecule has 0 aliphatic carbocycles. The summed E-state index contributed by atoms with van der Waals surface area (Å²) in [6.07, 6.45) is 7.90. The molecule has 0 radical (unpaired) electrons. The SMILES string of the molecule is C=C(N)\N=C(NCCCC)/C(=C\C=C\C)OCc1cccc(CC(=O)OC)c1. The van der Waals surface area contributed by atoms with Crippen molar-refractivity contribution in [1.82, 2.24) is 5.32 Å². The molecule has 0 atom stereocenters. The number of carbonyl (C=O) groups is 1. The van der Waals surface area contributed by atoms with Crippen LogP contribution in [0.15, 0.2) is 65.6 Å². The zero-order chi connectivity index (χ0) is 20.8. The van der Waals surface area contributed by atoms with Gasteiger partial charge in [-0.1, -0.05) is 56.3 Å². The zero-order valence-corrected chi connectivity index (χ0v) is 17.0. The van der Waals surface area contributed by atoms with Gasteiger partial charge in [-0.25, -0.2) is 4.99 Å². The van der Waals surface area contributed by atoms with Crippen molar-refractivity contribution in [3.05, 3.63) is 71.8 Å². The number of unbranched alkanes of at least 4 members (excludes halogenated alkanes) is 1. The lowest BCUT2D eigenvalue weighted by molar-refractivity contribution is -0.139. The van der Waals surface area contributed by atoms with Gasteiger partial charge in [-0.2, -0.15) is 0 Å². The molecular formula is C22H31N3O3. The van der Waals surface area contributed by atoms with E-state index in [1.54, 1.807) is 0 Å². The van der Waals surface area contributed by atoms with Gasteiger partial charge in [0.05, 0.1) is 13.5 Å². The first-order chi connectivity index (χ1) is 13.5. The molecule has 0 fully saturated rings. The minimum Gasteiger partial charge on any atom is -0.485 e. The van der Waals surface area contributed by atoms with Gasteiger partial charge in [-0.05, 0) is 30.5 Å². The number of ether oxygens (including phenoxy) is 2. The molecule has 0 aromatic heterocycles. The summed E-state index contributed by atoms with van der Waals surface area (Å²) in [6.45, 7) is 8.78. The van der Waals surface area contributed by atoms with Crippen LogP contribution in [-0.4, -0.2) is 25.5 Å². The lowest BCUT2D eigenvalue weighted by Gasteiger charge is -2.15. The van der Waals surface area contributed by atoms with E-state index in [-0.39, 0.29) is 18.2 Å². The van der Waals surface area contributed by atoms with E-state index in [4.69, 9.17) is 15.2 Å². The highest BCUT2D eigenvalue weighted by atomic mass is 16.5. The van der Waals surface area contributed by atoms with Crippen molar-refractivity contribution in [3.8, 4) is 0 Å². The number of hydrogen-bond donors (Lipinski definition) is 2. The first-order valence-corrected chi connectivity index (χ1v) is 9.37. The van der Waals surface area contributed by atoms with Crippen molar-refractivity contribution in [1.29, 1.82) is 0 Å². The van der Waals surface area contributed by atoms with Crippen molar-refractivity contribution >= 4 is 11.8 Å². The van der Waals surface area contributed by atoms with Gasteiger partial charge in [0.15, 0.2) is 11.6 Å². The maximum atomic E-state index is 11.5. The van der Waals surface area contributed by atoms with Crippen LogP contribution < -0.4 is 11.1 Å². The van der Waals surface area contributed by atoms with E-state index in [2.05, 4.69) is 23.8 Å². The number of rotatable bonds is 11. The Morgan fingerprint density at radius 1 is 1.36 bits per heavy atom. The van der Waals surface area contributed by atoms with Gasteiger partial charge < -0.3 is 20.5 Å². The largest absolute Gasteiger partial charge is 0.485 e. The summed E-state index contributed by atoms with van der Waals surface area (Å²) in [5.41, 5.74) is 7.49. The lowest BCUT2D eigenvalue weighted by atomic mass is 10.1.